The van der Waals surface area contributed by atoms with Crippen LogP contribution >= 0.6 is 22.6 Å². The Hall–Kier alpha value is -0.840. The molecule has 1 aromatic carbocycles. The summed E-state index contributed by atoms with van der Waals surface area (Å²) >= 11 is 2.16. The largest absolute Gasteiger partial charge is 0.427 e. The number of hydrogen-bond acceptors (Lipinski definition) is 2. The lowest BCUT2D eigenvalue weighted by atomic mass is 10.2. The van der Waals surface area contributed by atoms with Crippen molar-refractivity contribution in [1.29, 1.82) is 0 Å². The van der Waals surface area contributed by atoms with Crippen molar-refractivity contribution in [3.8, 4) is 5.75 Å². The maximum Gasteiger partial charge on any atom is 0.308 e. The summed E-state index contributed by atoms with van der Waals surface area (Å²) in [5.74, 6) is 0.256. The minimum Gasteiger partial charge on any atom is -0.427 e. The molecule has 0 saturated heterocycles. The monoisotopic (exact) mass is 288 g/mol. The van der Waals surface area contributed by atoms with Gasteiger partial charge in [0.2, 0.25) is 0 Å². The molecule has 0 atom stereocenters. The molecule has 0 aromatic heterocycles. The van der Waals surface area contributed by atoms with Crippen LogP contribution in [0, 0.1) is 3.57 Å². The van der Waals surface area contributed by atoms with Crippen molar-refractivity contribution in [1.82, 2.24) is 0 Å². The SMILES string of the molecule is C=Cc1cc(I)cc(OC(C)=O)c1. The molecule has 0 radical (unpaired) electrons. The van der Waals surface area contributed by atoms with Gasteiger partial charge >= 0.3 is 5.97 Å². The summed E-state index contributed by atoms with van der Waals surface area (Å²) in [6.07, 6.45) is 1.72. The summed E-state index contributed by atoms with van der Waals surface area (Å²) in [5.41, 5.74) is 0.947. The Bertz CT molecular complexity index is 345. The second-order valence-corrected chi connectivity index (χ2v) is 3.76. The normalized spacial score (nSPS) is 9.38. The smallest absolute Gasteiger partial charge is 0.308 e. The molecule has 0 aliphatic rings. The van der Waals surface area contributed by atoms with Gasteiger partial charge in [-0.3, -0.25) is 4.79 Å². The molecule has 0 fully saturated rings. The van der Waals surface area contributed by atoms with Crippen LogP contribution in [0.1, 0.15) is 12.5 Å². The van der Waals surface area contributed by atoms with Gasteiger partial charge in [-0.15, -0.1) is 0 Å². The van der Waals surface area contributed by atoms with Gasteiger partial charge in [0.05, 0.1) is 0 Å². The summed E-state index contributed by atoms with van der Waals surface area (Å²) in [4.78, 5) is 10.7. The lowest BCUT2D eigenvalue weighted by Gasteiger charge is -2.03. The van der Waals surface area contributed by atoms with Crippen LogP contribution in [-0.4, -0.2) is 5.97 Å². The maximum atomic E-state index is 10.7. The number of halogens is 1. The molecule has 0 unspecified atom stereocenters. The molecular weight excluding hydrogens is 279 g/mol. The van der Waals surface area contributed by atoms with E-state index >= 15 is 0 Å². The molecule has 13 heavy (non-hydrogen) atoms. The van der Waals surface area contributed by atoms with Gasteiger partial charge in [0.1, 0.15) is 5.75 Å². The van der Waals surface area contributed by atoms with E-state index in [-0.39, 0.29) is 5.97 Å². The van der Waals surface area contributed by atoms with Gasteiger partial charge in [-0.05, 0) is 46.4 Å². The van der Waals surface area contributed by atoms with Gasteiger partial charge in [-0.2, -0.15) is 0 Å². The zero-order valence-electron chi connectivity index (χ0n) is 7.21. The van der Waals surface area contributed by atoms with Gasteiger partial charge in [0.15, 0.2) is 0 Å². The first kappa shape index (κ1) is 10.2. The number of rotatable bonds is 2. The van der Waals surface area contributed by atoms with Crippen LogP contribution in [0.2, 0.25) is 0 Å². The number of carbonyl (C=O) groups excluding carboxylic acids is 1. The lowest BCUT2D eigenvalue weighted by Crippen LogP contribution is -2.01. The van der Waals surface area contributed by atoms with Crippen LogP contribution < -0.4 is 4.74 Å². The minimum absolute atomic E-state index is 0.308. The Morgan fingerprint density at radius 2 is 2.23 bits per heavy atom. The summed E-state index contributed by atoms with van der Waals surface area (Å²) in [6.45, 7) is 5.03. The van der Waals surface area contributed by atoms with Gasteiger partial charge in [-0.1, -0.05) is 12.7 Å². The summed E-state index contributed by atoms with van der Waals surface area (Å²) < 4.78 is 5.97. The Balaban J connectivity index is 3.01. The molecule has 0 heterocycles. The average Bonchev–Trinajstić information content (AvgIpc) is 2.01. The van der Waals surface area contributed by atoms with E-state index in [4.69, 9.17) is 4.74 Å². The Labute approximate surface area is 90.7 Å². The molecule has 0 N–H and O–H groups in total. The first-order chi connectivity index (χ1) is 6.11. The highest BCUT2D eigenvalue weighted by Crippen LogP contribution is 2.19. The van der Waals surface area contributed by atoms with Crippen molar-refractivity contribution < 1.29 is 9.53 Å². The standard InChI is InChI=1S/C10H9IO2/c1-3-8-4-9(11)6-10(5-8)13-7(2)12/h3-6H,1H2,2H3. The number of hydrogen-bond donors (Lipinski definition) is 0. The van der Waals surface area contributed by atoms with Crippen molar-refractivity contribution in [2.45, 2.75) is 6.92 Å². The third kappa shape index (κ3) is 3.18. The van der Waals surface area contributed by atoms with E-state index in [2.05, 4.69) is 29.2 Å². The number of esters is 1. The van der Waals surface area contributed by atoms with Gasteiger partial charge in [0.25, 0.3) is 0 Å². The lowest BCUT2D eigenvalue weighted by molar-refractivity contribution is -0.131. The van der Waals surface area contributed by atoms with Crippen molar-refractivity contribution in [2.75, 3.05) is 0 Å². The van der Waals surface area contributed by atoms with Crippen LogP contribution in [0.5, 0.6) is 5.75 Å². The van der Waals surface area contributed by atoms with E-state index in [1.165, 1.54) is 6.92 Å². The summed E-state index contributed by atoms with van der Waals surface area (Å²) in [7, 11) is 0. The van der Waals surface area contributed by atoms with E-state index in [9.17, 15) is 4.79 Å². The highest BCUT2D eigenvalue weighted by Gasteiger charge is 2.00. The Kier molecular flexibility index (Phi) is 3.48. The highest BCUT2D eigenvalue weighted by atomic mass is 127. The number of benzene rings is 1. The fraction of sp³-hybridized carbons (Fsp3) is 0.100. The topological polar surface area (TPSA) is 26.3 Å². The fourth-order valence-electron chi connectivity index (χ4n) is 0.927. The van der Waals surface area contributed by atoms with Gasteiger partial charge in [0, 0.05) is 10.5 Å². The zero-order chi connectivity index (χ0) is 9.84. The van der Waals surface area contributed by atoms with Crippen LogP contribution in [0.25, 0.3) is 6.08 Å². The Morgan fingerprint density at radius 1 is 1.54 bits per heavy atom. The van der Waals surface area contributed by atoms with Crippen LogP contribution in [0.15, 0.2) is 24.8 Å². The summed E-state index contributed by atoms with van der Waals surface area (Å²) in [5, 5.41) is 0. The van der Waals surface area contributed by atoms with Gasteiger partial charge in [-0.25, -0.2) is 0 Å². The molecule has 3 heteroatoms. The average molecular weight is 288 g/mol. The molecule has 1 aromatic rings. The van der Waals surface area contributed by atoms with Crippen LogP contribution in [-0.2, 0) is 4.79 Å². The molecule has 0 aliphatic carbocycles. The third-order valence-corrected chi connectivity index (χ3v) is 2.01. The molecule has 0 bridgehead atoms. The van der Waals surface area contributed by atoms with E-state index in [0.717, 1.165) is 9.13 Å². The summed E-state index contributed by atoms with van der Waals surface area (Å²) in [6, 6.07) is 5.53. The van der Waals surface area contributed by atoms with E-state index in [0.29, 0.717) is 5.75 Å². The fourth-order valence-corrected chi connectivity index (χ4v) is 1.59. The first-order valence-electron chi connectivity index (χ1n) is 3.73. The minimum atomic E-state index is -0.308. The molecular formula is C10H9IO2. The number of ether oxygens (including phenoxy) is 1. The van der Waals surface area contributed by atoms with E-state index in [1.807, 2.05) is 6.07 Å². The molecule has 0 aliphatic heterocycles. The van der Waals surface area contributed by atoms with Gasteiger partial charge < -0.3 is 4.74 Å². The van der Waals surface area contributed by atoms with Crippen molar-refractivity contribution >= 4 is 34.6 Å². The van der Waals surface area contributed by atoms with Crippen LogP contribution in [0.4, 0.5) is 0 Å². The van der Waals surface area contributed by atoms with E-state index < -0.39 is 0 Å². The predicted molar refractivity (Wildman–Crippen MR) is 60.6 cm³/mol. The zero-order valence-corrected chi connectivity index (χ0v) is 9.37. The Morgan fingerprint density at radius 3 is 2.77 bits per heavy atom. The third-order valence-electron chi connectivity index (χ3n) is 1.39. The molecule has 0 amide bonds. The molecule has 0 spiro atoms. The quantitative estimate of drug-likeness (QED) is 0.475. The molecule has 0 saturated carbocycles. The first-order valence-corrected chi connectivity index (χ1v) is 4.81. The van der Waals surface area contributed by atoms with Crippen molar-refractivity contribution in [3.63, 3.8) is 0 Å². The molecule has 68 valence electrons. The predicted octanol–water partition coefficient (Wildman–Crippen LogP) is 2.86. The van der Waals surface area contributed by atoms with Crippen molar-refractivity contribution in [3.05, 3.63) is 33.9 Å². The second-order valence-electron chi connectivity index (χ2n) is 2.52. The van der Waals surface area contributed by atoms with Crippen molar-refractivity contribution in [2.24, 2.45) is 0 Å². The number of carbonyl (C=O) groups is 1. The van der Waals surface area contributed by atoms with Crippen LogP contribution in [0.3, 0.4) is 0 Å². The van der Waals surface area contributed by atoms with E-state index in [1.54, 1.807) is 18.2 Å². The molecule has 2 nitrogen and oxygen atoms in total. The maximum absolute atomic E-state index is 10.7. The molecule has 1 rings (SSSR count). The highest BCUT2D eigenvalue weighted by molar-refractivity contribution is 14.1. The second kappa shape index (κ2) is 4.41.